The Kier molecular flexibility index (Phi) is 26.5. The van der Waals surface area contributed by atoms with Gasteiger partial charge in [-0.2, -0.15) is 14.4 Å². The van der Waals surface area contributed by atoms with Gasteiger partial charge < -0.3 is 4.74 Å². The van der Waals surface area contributed by atoms with Crippen molar-refractivity contribution in [3.05, 3.63) is 329 Å². The number of pyridine rings is 8. The summed E-state index contributed by atoms with van der Waals surface area (Å²) in [6.45, 7) is 23.7. The van der Waals surface area contributed by atoms with Crippen LogP contribution in [-0.4, -0.2) is 13.4 Å². The van der Waals surface area contributed by atoms with Gasteiger partial charge in [0.2, 0.25) is 38.6 Å². The second-order valence-electron chi connectivity index (χ2n) is 28.2. The van der Waals surface area contributed by atoms with E-state index in [1.807, 2.05) is 103 Å². The molecule has 0 bridgehead atoms. The molecule has 11 heteroatoms. The molecule has 0 unspecified atom stereocenters. The second kappa shape index (κ2) is 35.9. The zero-order valence-corrected chi connectivity index (χ0v) is 65.8. The van der Waals surface area contributed by atoms with Crippen molar-refractivity contribution in [1.82, 2.24) is 0 Å². The lowest BCUT2D eigenvalue weighted by molar-refractivity contribution is -0.645. The van der Waals surface area contributed by atoms with Crippen molar-refractivity contribution in [1.29, 1.82) is 5.26 Å². The van der Waals surface area contributed by atoms with Gasteiger partial charge in [-0.25, -0.2) is 27.4 Å². The van der Waals surface area contributed by atoms with Crippen molar-refractivity contribution in [2.45, 2.75) is 82.1 Å². The maximum Gasteiger partial charge on any atom is 0.254 e. The molecule has 0 fully saturated rings. The number of carbonyl (C=O) groups excluding carboxylic acids is 1. The molecule has 8 aromatic heterocycles. The van der Waals surface area contributed by atoms with Crippen LogP contribution in [0.15, 0.2) is 262 Å². The number of rotatable bonds is 3. The van der Waals surface area contributed by atoms with Gasteiger partial charge in [-0.05, 0) is 192 Å². The Morgan fingerprint density at radius 2 is 0.774 bits per heavy atom. The molecule has 0 aliphatic heterocycles. The van der Waals surface area contributed by atoms with E-state index >= 15 is 0 Å². The van der Waals surface area contributed by atoms with E-state index in [1.54, 1.807) is 7.11 Å². The number of nitrogens with zero attached hydrogens (tertiary/aromatic N) is 9. The Morgan fingerprint density at radius 1 is 0.340 bits per heavy atom. The fourth-order valence-corrected chi connectivity index (χ4v) is 13.4. The zero-order valence-electron chi connectivity index (χ0n) is 65.8. The average molecular weight is 1400 g/mol. The number of fused-ring (bicyclic) bond motifs is 8. The number of aryl methyl sites for hydroxylation is 17. The molecule has 106 heavy (non-hydrogen) atoms. The predicted molar refractivity (Wildman–Crippen MR) is 434 cm³/mol. The van der Waals surface area contributed by atoms with Crippen LogP contribution in [0.5, 0.6) is 5.75 Å². The summed E-state index contributed by atoms with van der Waals surface area (Å²) >= 11 is 0. The fourth-order valence-electron chi connectivity index (χ4n) is 13.4. The van der Waals surface area contributed by atoms with Gasteiger partial charge in [0.05, 0.1) is 17.9 Å². The summed E-state index contributed by atoms with van der Waals surface area (Å²) in [5, 5.41) is 18.8. The van der Waals surface area contributed by atoms with E-state index in [0.717, 1.165) is 44.9 Å². The first kappa shape index (κ1) is 78.1. The number of aldehydes is 1. The molecule has 8 heterocycles. The SMILES string of the molecule is CC(C)c1ccc2c(ccc[n+]2C)c1.COc1cc(C)cc2c(C)cc[n+](C)c12.C[n+]1cc(C#N)cc2ccccc21.C[n+]1ccc(C=O)c2ccccc21.Cc1cc(C)c2c(c1)c(C)cc[n+]2C.Cc1ccc2c(c1)c(C)cc[n+]2C.Cc1ccc2c(ccc[n+]2C)c1.Cc1ccc2ccc[n+](C)c2c1. The number of methoxy groups -OCH3 is 1. The van der Waals surface area contributed by atoms with E-state index in [2.05, 4.69) is 334 Å². The number of ether oxygens (including phenoxy) is 1. The lowest BCUT2D eigenvalue weighted by Gasteiger charge is -2.06. The number of benzene rings is 8. The first-order valence-electron chi connectivity index (χ1n) is 36.1. The standard InChI is InChI=1S/C13H16NO.2C13H16N.C12H14N.C11H9N2.C11H10NO.2C11H12N/c1-9-7-11-10(2)5-6-14(3)13(11)12(8-9)15-4;1-9-7-11(3)13-12(8-9)10(2)5-6-14(13)4;1-10(2)11-6-7-13-12(9-11)5-4-8-14(13)3;1-9-4-5-12-11(8-9)10(2)6-7-13(12)3;1-13-8-9(7-12)6-10-4-2-3-5-11(10)13;1-12-7-6-9(8-13)10-4-2-3-5-11(10)12;1-9-5-6-11-10(8-9)4-3-7-12(11)2;1-9-5-6-10-4-3-7-12(2)11(10)8-9/h5-8H,1-4H3;5-8H,1-4H3;4-10H,1-3H3;4-8H,1-3H3;2-6,8H,1H3;2-8H,1H3;2*3-8H,1-2H3/q8*+1. The van der Waals surface area contributed by atoms with Crippen molar-refractivity contribution in [3.8, 4) is 11.8 Å². The third-order valence-corrected chi connectivity index (χ3v) is 19.3. The summed E-state index contributed by atoms with van der Waals surface area (Å²) in [5.41, 5.74) is 24.6. The summed E-state index contributed by atoms with van der Waals surface area (Å²) in [6.07, 6.45) is 17.1. The highest BCUT2D eigenvalue weighted by Crippen LogP contribution is 2.27. The van der Waals surface area contributed by atoms with Crippen molar-refractivity contribution >= 4 is 93.5 Å². The third kappa shape index (κ3) is 19.4. The normalized spacial score (nSPS) is 10.6. The van der Waals surface area contributed by atoms with E-state index < -0.39 is 0 Å². The quantitative estimate of drug-likeness (QED) is 0.131. The first-order chi connectivity index (χ1) is 50.8. The number of hydrogen-bond acceptors (Lipinski definition) is 3. The van der Waals surface area contributed by atoms with E-state index in [0.29, 0.717) is 11.5 Å². The van der Waals surface area contributed by atoms with Crippen LogP contribution in [0, 0.1) is 73.6 Å². The van der Waals surface area contributed by atoms with Gasteiger partial charge in [-0.15, -0.1) is 0 Å². The Balaban J connectivity index is 0.000000140. The summed E-state index contributed by atoms with van der Waals surface area (Å²) in [6, 6.07) is 75.9. The smallest absolute Gasteiger partial charge is 0.254 e. The minimum atomic E-state index is 0.602. The molecule has 0 aliphatic rings. The van der Waals surface area contributed by atoms with Crippen molar-refractivity contribution < 1.29 is 46.1 Å². The number of aromatic nitrogens is 8. The Labute approximate surface area is 627 Å². The van der Waals surface area contributed by atoms with Gasteiger partial charge in [-0.3, -0.25) is 4.79 Å². The van der Waals surface area contributed by atoms with Crippen molar-refractivity contribution in [2.24, 2.45) is 56.4 Å². The number of para-hydroxylation sites is 2. The second-order valence-corrected chi connectivity index (χ2v) is 28.2. The van der Waals surface area contributed by atoms with Gasteiger partial charge in [0.1, 0.15) is 68.0 Å². The molecule has 0 saturated heterocycles. The summed E-state index contributed by atoms with van der Waals surface area (Å²) in [7, 11) is 18.1. The van der Waals surface area contributed by atoms with Crippen LogP contribution in [0.25, 0.3) is 87.2 Å². The molecule has 0 aliphatic carbocycles. The van der Waals surface area contributed by atoms with Crippen LogP contribution in [0.3, 0.4) is 0 Å². The minimum Gasteiger partial charge on any atom is -0.490 e. The molecular formula is C95H105N9O2+8. The fraction of sp³-hybridized carbons (Fsp3) is 0.221. The van der Waals surface area contributed by atoms with Gasteiger partial charge in [0, 0.05) is 122 Å². The molecule has 534 valence electrons. The summed E-state index contributed by atoms with van der Waals surface area (Å²) < 4.78 is 22.3. The Hall–Kier alpha value is -12.0. The lowest BCUT2D eigenvalue weighted by atomic mass is 10.0. The molecule has 0 spiro atoms. The van der Waals surface area contributed by atoms with Crippen LogP contribution < -0.4 is 41.3 Å². The maximum atomic E-state index is 10.7. The molecule has 16 aromatic rings. The first-order valence-corrected chi connectivity index (χ1v) is 36.1. The number of hydrogen-bond donors (Lipinski definition) is 0. The van der Waals surface area contributed by atoms with Gasteiger partial charge in [-0.1, -0.05) is 73.5 Å². The van der Waals surface area contributed by atoms with Crippen LogP contribution in [0.4, 0.5) is 0 Å². The summed E-state index contributed by atoms with van der Waals surface area (Å²) in [5.74, 6) is 1.54. The van der Waals surface area contributed by atoms with Crippen LogP contribution in [0.1, 0.15) is 91.3 Å². The molecule has 0 N–H and O–H groups in total. The summed E-state index contributed by atoms with van der Waals surface area (Å²) in [4.78, 5) is 10.7. The lowest BCUT2D eigenvalue weighted by Crippen LogP contribution is -2.29. The van der Waals surface area contributed by atoms with Crippen molar-refractivity contribution in [2.75, 3.05) is 7.11 Å². The van der Waals surface area contributed by atoms with E-state index in [-0.39, 0.29) is 0 Å². The largest absolute Gasteiger partial charge is 0.490 e. The number of nitriles is 1. The topological polar surface area (TPSA) is 81.1 Å². The van der Waals surface area contributed by atoms with E-state index in [9.17, 15) is 4.79 Å². The highest BCUT2D eigenvalue weighted by atomic mass is 16.5. The molecule has 0 saturated carbocycles. The van der Waals surface area contributed by atoms with Crippen molar-refractivity contribution in [3.63, 3.8) is 0 Å². The molecule has 0 radical (unpaired) electrons. The zero-order chi connectivity index (χ0) is 76.5. The molecule has 0 atom stereocenters. The average Bonchev–Trinajstić information content (AvgIpc) is 0.792. The van der Waals surface area contributed by atoms with Gasteiger partial charge in [0.25, 0.3) is 5.52 Å². The predicted octanol–water partition coefficient (Wildman–Crippen LogP) is 16.9. The highest BCUT2D eigenvalue weighted by Gasteiger charge is 2.16. The third-order valence-electron chi connectivity index (χ3n) is 19.3. The van der Waals surface area contributed by atoms with Gasteiger partial charge >= 0.3 is 0 Å². The number of carbonyl (C=O) groups is 1. The van der Waals surface area contributed by atoms with E-state index in [1.165, 1.54) is 116 Å². The molecule has 8 aromatic carbocycles. The molecule has 16 rings (SSSR count). The molecule has 0 amide bonds. The van der Waals surface area contributed by atoms with Crippen LogP contribution in [-0.2, 0) is 56.4 Å². The monoisotopic (exact) mass is 1400 g/mol. The maximum absolute atomic E-state index is 10.7. The molecule has 11 nitrogen and oxygen atoms in total. The van der Waals surface area contributed by atoms with Crippen LogP contribution in [0.2, 0.25) is 0 Å². The Bertz CT molecular complexity index is 5890. The Morgan fingerprint density at radius 3 is 1.39 bits per heavy atom. The minimum absolute atomic E-state index is 0.602. The molecular weight excluding hydrogens is 1300 g/mol. The van der Waals surface area contributed by atoms with Crippen LogP contribution >= 0.6 is 0 Å². The van der Waals surface area contributed by atoms with Gasteiger partial charge in [0.15, 0.2) is 61.6 Å². The van der Waals surface area contributed by atoms with E-state index in [4.69, 9.17) is 10.00 Å². The highest BCUT2D eigenvalue weighted by molar-refractivity contribution is 5.95.